The Balaban J connectivity index is 0.00000161. The van der Waals surface area contributed by atoms with Crippen molar-refractivity contribution in [1.29, 1.82) is 0 Å². The second-order valence-corrected chi connectivity index (χ2v) is 5.32. The van der Waals surface area contributed by atoms with Crippen LogP contribution in [0.4, 0.5) is 16.5 Å². The Kier molecular flexibility index (Phi) is 5.03. The van der Waals surface area contributed by atoms with Gasteiger partial charge in [0.25, 0.3) is 0 Å². The van der Waals surface area contributed by atoms with Crippen LogP contribution in [0.2, 0.25) is 0 Å². The fraction of sp³-hybridized carbons (Fsp3) is 0.0714. The van der Waals surface area contributed by atoms with Crippen molar-refractivity contribution in [2.45, 2.75) is 6.92 Å². The SMILES string of the molecule is Cc1cc([N+](=O)[O-])c[c-]c1Nc1nc2ccccc2s1.[Y]. The van der Waals surface area contributed by atoms with Gasteiger partial charge in [-0.3, -0.25) is 10.1 Å². The number of nitro groups is 1. The Morgan fingerprint density at radius 3 is 2.81 bits per heavy atom. The number of thiazole rings is 1. The third kappa shape index (κ3) is 3.45. The average molecular weight is 373 g/mol. The molecule has 7 heteroatoms. The number of anilines is 2. The Morgan fingerprint density at radius 1 is 1.38 bits per heavy atom. The number of hydrogen-bond acceptors (Lipinski definition) is 5. The molecule has 0 aliphatic rings. The van der Waals surface area contributed by atoms with Crippen molar-refractivity contribution in [2.24, 2.45) is 0 Å². The van der Waals surface area contributed by atoms with E-state index in [0.717, 1.165) is 20.9 Å². The summed E-state index contributed by atoms with van der Waals surface area (Å²) in [6.45, 7) is 1.80. The number of aromatic nitrogens is 1. The molecule has 0 saturated heterocycles. The van der Waals surface area contributed by atoms with Gasteiger partial charge in [-0.1, -0.05) is 48.2 Å². The van der Waals surface area contributed by atoms with E-state index in [9.17, 15) is 10.1 Å². The van der Waals surface area contributed by atoms with Crippen molar-refractivity contribution < 1.29 is 37.6 Å². The molecule has 1 radical (unpaired) electrons. The molecule has 5 nitrogen and oxygen atoms in total. The first-order valence-electron chi connectivity index (χ1n) is 5.93. The summed E-state index contributed by atoms with van der Waals surface area (Å²) in [6, 6.07) is 13.6. The molecule has 0 bridgehead atoms. The first kappa shape index (κ1) is 16.0. The molecule has 103 valence electrons. The monoisotopic (exact) mass is 373 g/mol. The van der Waals surface area contributed by atoms with Crippen molar-refractivity contribution in [1.82, 2.24) is 4.98 Å². The summed E-state index contributed by atoms with van der Waals surface area (Å²) in [5.74, 6) is 0. The number of nitrogens with zero attached hydrogens (tertiary/aromatic N) is 2. The molecule has 0 fully saturated rings. The second kappa shape index (κ2) is 6.60. The molecule has 3 rings (SSSR count). The summed E-state index contributed by atoms with van der Waals surface area (Å²) in [5.41, 5.74) is 2.44. The van der Waals surface area contributed by atoms with Gasteiger partial charge in [0, 0.05) is 37.6 Å². The van der Waals surface area contributed by atoms with Crippen LogP contribution in [0.25, 0.3) is 10.2 Å². The van der Waals surface area contributed by atoms with E-state index in [-0.39, 0.29) is 38.4 Å². The number of para-hydroxylation sites is 1. The number of non-ortho nitro benzene ring substituents is 1. The van der Waals surface area contributed by atoms with Crippen molar-refractivity contribution >= 4 is 38.1 Å². The fourth-order valence-corrected chi connectivity index (χ4v) is 2.74. The van der Waals surface area contributed by atoms with Crippen molar-refractivity contribution in [3.05, 3.63) is 58.1 Å². The first-order chi connectivity index (χ1) is 9.63. The van der Waals surface area contributed by atoms with E-state index in [1.165, 1.54) is 23.5 Å². The maximum Gasteiger partial charge on any atom is 0.186 e. The van der Waals surface area contributed by atoms with Crippen LogP contribution >= 0.6 is 11.3 Å². The summed E-state index contributed by atoms with van der Waals surface area (Å²) in [5, 5.41) is 14.6. The topological polar surface area (TPSA) is 68.1 Å². The van der Waals surface area contributed by atoms with Gasteiger partial charge < -0.3 is 5.32 Å². The largest absolute Gasteiger partial charge is 0.355 e. The average Bonchev–Trinajstić information content (AvgIpc) is 2.83. The Morgan fingerprint density at radius 2 is 2.14 bits per heavy atom. The predicted octanol–water partition coefficient (Wildman–Crippen LogP) is 4.05. The van der Waals surface area contributed by atoms with Gasteiger partial charge in [0.2, 0.25) is 0 Å². The third-order valence-corrected chi connectivity index (χ3v) is 3.81. The van der Waals surface area contributed by atoms with Crippen LogP contribution in [0.5, 0.6) is 0 Å². The molecular formula is C14H10N3O2SY-. The molecule has 0 atom stereocenters. The quantitative estimate of drug-likeness (QED) is 0.427. The van der Waals surface area contributed by atoms with Crippen molar-refractivity contribution in [2.75, 3.05) is 5.32 Å². The molecule has 1 aromatic heterocycles. The van der Waals surface area contributed by atoms with E-state index in [1.54, 1.807) is 6.92 Å². The minimum Gasteiger partial charge on any atom is -0.355 e. The number of rotatable bonds is 3. The molecular weight excluding hydrogens is 363 g/mol. The van der Waals surface area contributed by atoms with Gasteiger partial charge in [-0.05, 0) is 12.1 Å². The molecule has 1 heterocycles. The number of nitrogens with one attached hydrogen (secondary N) is 1. The van der Waals surface area contributed by atoms with E-state index in [4.69, 9.17) is 0 Å². The van der Waals surface area contributed by atoms with Gasteiger partial charge >= 0.3 is 0 Å². The Labute approximate surface area is 150 Å². The van der Waals surface area contributed by atoms with E-state index in [2.05, 4.69) is 16.4 Å². The normalized spacial score (nSPS) is 10.1. The van der Waals surface area contributed by atoms with Gasteiger partial charge in [0.1, 0.15) is 0 Å². The van der Waals surface area contributed by atoms with Gasteiger partial charge in [0.05, 0.1) is 10.2 Å². The van der Waals surface area contributed by atoms with Crippen LogP contribution in [0.3, 0.4) is 0 Å². The molecule has 21 heavy (non-hydrogen) atoms. The van der Waals surface area contributed by atoms with E-state index in [0.29, 0.717) is 5.69 Å². The van der Waals surface area contributed by atoms with E-state index >= 15 is 0 Å². The Hall–Kier alpha value is -1.37. The number of hydrogen-bond donors (Lipinski definition) is 1. The summed E-state index contributed by atoms with van der Waals surface area (Å²) in [4.78, 5) is 14.7. The molecule has 0 unspecified atom stereocenters. The Bertz CT molecular complexity index is 771. The van der Waals surface area contributed by atoms with Crippen LogP contribution in [-0.2, 0) is 32.7 Å². The van der Waals surface area contributed by atoms with E-state index in [1.807, 2.05) is 24.3 Å². The smallest absolute Gasteiger partial charge is 0.186 e. The zero-order valence-electron chi connectivity index (χ0n) is 11.2. The van der Waals surface area contributed by atoms with Crippen LogP contribution in [0.1, 0.15) is 5.56 Å². The molecule has 1 N–H and O–H groups in total. The van der Waals surface area contributed by atoms with Gasteiger partial charge in [0.15, 0.2) is 10.8 Å². The first-order valence-corrected chi connectivity index (χ1v) is 6.74. The summed E-state index contributed by atoms with van der Waals surface area (Å²) in [7, 11) is 0. The standard InChI is InChI=1S/C14H10N3O2S.Y/c1-9-8-10(17(18)19)6-7-11(9)15-14-16-12-4-2-3-5-13(12)20-14;/h2-6,8H,1H3,(H,15,16);/q-1;. The molecule has 0 saturated carbocycles. The summed E-state index contributed by atoms with van der Waals surface area (Å²) < 4.78 is 1.09. The maximum absolute atomic E-state index is 10.7. The van der Waals surface area contributed by atoms with E-state index < -0.39 is 4.92 Å². The minimum absolute atomic E-state index is 0. The summed E-state index contributed by atoms with van der Waals surface area (Å²) in [6.07, 6.45) is 0. The molecule has 0 amide bonds. The molecule has 0 spiro atoms. The fourth-order valence-electron chi connectivity index (χ4n) is 1.87. The zero-order valence-corrected chi connectivity index (χ0v) is 14.8. The second-order valence-electron chi connectivity index (χ2n) is 4.28. The predicted molar refractivity (Wildman–Crippen MR) is 79.6 cm³/mol. The van der Waals surface area contributed by atoms with Crippen molar-refractivity contribution in [3.8, 4) is 0 Å². The van der Waals surface area contributed by atoms with Crippen LogP contribution < -0.4 is 5.32 Å². The zero-order chi connectivity index (χ0) is 14.1. The molecule has 0 aliphatic carbocycles. The van der Waals surface area contributed by atoms with Gasteiger partial charge in [-0.25, -0.2) is 4.98 Å². The molecule has 0 aliphatic heterocycles. The number of fused-ring (bicyclic) bond motifs is 1. The van der Waals surface area contributed by atoms with Crippen LogP contribution in [0, 0.1) is 23.1 Å². The minimum atomic E-state index is -0.426. The molecule has 3 aromatic rings. The van der Waals surface area contributed by atoms with Crippen LogP contribution in [-0.4, -0.2) is 9.91 Å². The van der Waals surface area contributed by atoms with Gasteiger partial charge in [-0.2, -0.15) is 6.07 Å². The van der Waals surface area contributed by atoms with Crippen LogP contribution in [0.15, 0.2) is 36.4 Å². The van der Waals surface area contributed by atoms with Crippen molar-refractivity contribution in [3.63, 3.8) is 0 Å². The number of benzene rings is 2. The third-order valence-electron chi connectivity index (χ3n) is 2.86. The maximum atomic E-state index is 10.7. The number of nitro benzene ring substituents is 1. The number of aryl methyl sites for hydroxylation is 1. The summed E-state index contributed by atoms with van der Waals surface area (Å²) >= 11 is 1.54. The molecule has 2 aromatic carbocycles. The van der Waals surface area contributed by atoms with Gasteiger partial charge in [-0.15, -0.1) is 5.56 Å².